The number of carbonyl (C=O) groups excluding carboxylic acids is 1. The predicted molar refractivity (Wildman–Crippen MR) is 86.2 cm³/mol. The third-order valence-corrected chi connectivity index (χ3v) is 5.15. The molecule has 1 aliphatic heterocycles. The third-order valence-electron chi connectivity index (χ3n) is 4.17. The molecule has 0 radical (unpaired) electrons. The smallest absolute Gasteiger partial charge is 0.226 e. The first-order valence-corrected chi connectivity index (χ1v) is 8.31. The van der Waals surface area contributed by atoms with Crippen LogP contribution in [0, 0.1) is 5.41 Å². The molecule has 2 heterocycles. The second kappa shape index (κ2) is 6.18. The molecule has 0 unspecified atom stereocenters. The Hall–Kier alpha value is -1.11. The van der Waals surface area contributed by atoms with E-state index in [9.17, 15) is 9.90 Å². The molecule has 0 fully saturated rings. The molecule has 1 aromatic rings. The van der Waals surface area contributed by atoms with Gasteiger partial charge in [-0.15, -0.1) is 11.3 Å². The lowest BCUT2D eigenvalue weighted by Crippen LogP contribution is -2.54. The fourth-order valence-corrected chi connectivity index (χ4v) is 3.36. The number of amides is 1. The van der Waals surface area contributed by atoms with Crippen LogP contribution in [0.2, 0.25) is 0 Å². The van der Waals surface area contributed by atoms with E-state index in [0.717, 1.165) is 10.6 Å². The van der Waals surface area contributed by atoms with E-state index >= 15 is 0 Å². The lowest BCUT2D eigenvalue weighted by atomic mass is 9.86. The van der Waals surface area contributed by atoms with Crippen LogP contribution in [0.3, 0.4) is 0 Å². The van der Waals surface area contributed by atoms with Crippen molar-refractivity contribution in [3.8, 4) is 5.75 Å². The molecule has 0 aromatic carbocycles. The van der Waals surface area contributed by atoms with E-state index in [1.807, 2.05) is 39.1 Å². The van der Waals surface area contributed by atoms with Gasteiger partial charge in [-0.2, -0.15) is 0 Å². The van der Waals surface area contributed by atoms with Crippen LogP contribution < -0.4 is 10.1 Å². The van der Waals surface area contributed by atoms with E-state index in [-0.39, 0.29) is 5.91 Å². The molecule has 124 valence electrons. The summed E-state index contributed by atoms with van der Waals surface area (Å²) < 4.78 is 10.9. The molecule has 2 rings (SSSR count). The first kappa shape index (κ1) is 17.2. The van der Waals surface area contributed by atoms with Crippen molar-refractivity contribution in [3.63, 3.8) is 0 Å². The number of aliphatic hydroxyl groups excluding tert-OH is 1. The number of hydrogen-bond donors (Lipinski definition) is 2. The summed E-state index contributed by atoms with van der Waals surface area (Å²) in [6, 6.07) is 1.43. The van der Waals surface area contributed by atoms with Crippen molar-refractivity contribution in [1.82, 2.24) is 5.32 Å². The summed E-state index contributed by atoms with van der Waals surface area (Å²) in [4.78, 5) is 13.5. The molecule has 0 saturated heterocycles. The number of fused-ring (bicyclic) bond motifs is 1. The third kappa shape index (κ3) is 3.29. The molecule has 22 heavy (non-hydrogen) atoms. The minimum atomic E-state index is -0.805. The summed E-state index contributed by atoms with van der Waals surface area (Å²) in [5.74, 6) is 0.644. The van der Waals surface area contributed by atoms with Crippen LogP contribution in [-0.2, 0) is 9.53 Å². The zero-order chi connectivity index (χ0) is 16.5. The van der Waals surface area contributed by atoms with E-state index in [1.54, 1.807) is 7.11 Å². The van der Waals surface area contributed by atoms with Gasteiger partial charge in [0.05, 0.1) is 10.9 Å². The number of ether oxygens (including phenoxy) is 2. The summed E-state index contributed by atoms with van der Waals surface area (Å²) in [6.45, 7) is 7.94. The SMILES string of the molecule is COCCC(C)(C)C(=O)N[C@H]1c2sccc2OC(C)(C)[C@@H]1O. The van der Waals surface area contributed by atoms with Crippen LogP contribution in [0.25, 0.3) is 0 Å². The van der Waals surface area contributed by atoms with Gasteiger partial charge in [-0.05, 0) is 31.7 Å². The van der Waals surface area contributed by atoms with E-state index in [1.165, 1.54) is 11.3 Å². The van der Waals surface area contributed by atoms with Crippen LogP contribution in [0.1, 0.15) is 45.0 Å². The van der Waals surface area contributed by atoms with Crippen molar-refractivity contribution in [2.75, 3.05) is 13.7 Å². The number of hydrogen-bond acceptors (Lipinski definition) is 5. The van der Waals surface area contributed by atoms with Gasteiger partial charge in [0.2, 0.25) is 5.91 Å². The Morgan fingerprint density at radius 1 is 1.55 bits per heavy atom. The second-order valence-electron chi connectivity index (χ2n) is 6.88. The van der Waals surface area contributed by atoms with Gasteiger partial charge in [-0.25, -0.2) is 0 Å². The zero-order valence-electron chi connectivity index (χ0n) is 13.8. The maximum atomic E-state index is 12.6. The second-order valence-corrected chi connectivity index (χ2v) is 7.82. The lowest BCUT2D eigenvalue weighted by Gasteiger charge is -2.41. The molecule has 0 bridgehead atoms. The standard InChI is InChI=1S/C16H25NO4S/c1-15(2,7-8-20-5)14(19)17-11-12-10(6-9-22-12)21-16(3,4)13(11)18/h6,9,11,13,18H,7-8H2,1-5H3,(H,17,19)/t11-,13+/m0/s1. The van der Waals surface area contributed by atoms with Gasteiger partial charge >= 0.3 is 0 Å². The van der Waals surface area contributed by atoms with Crippen molar-refractivity contribution in [1.29, 1.82) is 0 Å². The Labute approximate surface area is 135 Å². The van der Waals surface area contributed by atoms with Crippen LogP contribution in [0.15, 0.2) is 11.4 Å². The summed E-state index contributed by atoms with van der Waals surface area (Å²) in [6.07, 6.45) is -0.184. The molecule has 6 heteroatoms. The van der Waals surface area contributed by atoms with Gasteiger partial charge in [0.1, 0.15) is 17.5 Å². The molecule has 5 nitrogen and oxygen atoms in total. The Morgan fingerprint density at radius 3 is 2.86 bits per heavy atom. The van der Waals surface area contributed by atoms with Crippen LogP contribution in [-0.4, -0.2) is 36.4 Å². The number of thiophene rings is 1. The van der Waals surface area contributed by atoms with E-state index < -0.39 is 23.2 Å². The Bertz CT molecular complexity index is 538. The van der Waals surface area contributed by atoms with Gasteiger partial charge in [-0.3, -0.25) is 4.79 Å². The normalized spacial score (nSPS) is 23.5. The molecule has 1 aromatic heterocycles. The fourth-order valence-electron chi connectivity index (χ4n) is 2.46. The highest BCUT2D eigenvalue weighted by molar-refractivity contribution is 7.10. The quantitative estimate of drug-likeness (QED) is 0.872. The Morgan fingerprint density at radius 2 is 2.23 bits per heavy atom. The topological polar surface area (TPSA) is 67.8 Å². The monoisotopic (exact) mass is 327 g/mol. The molecule has 2 atom stereocenters. The molecular weight excluding hydrogens is 302 g/mol. The van der Waals surface area contributed by atoms with E-state index in [2.05, 4.69) is 5.32 Å². The van der Waals surface area contributed by atoms with E-state index in [4.69, 9.17) is 9.47 Å². The predicted octanol–water partition coefficient (Wildman–Crippen LogP) is 2.50. The van der Waals surface area contributed by atoms with Crippen molar-refractivity contribution < 1.29 is 19.4 Å². The first-order valence-electron chi connectivity index (χ1n) is 7.43. The minimum absolute atomic E-state index is 0.0920. The van der Waals surface area contributed by atoms with Gasteiger partial charge in [0.25, 0.3) is 0 Å². The number of methoxy groups -OCH3 is 1. The van der Waals surface area contributed by atoms with Crippen molar-refractivity contribution in [3.05, 3.63) is 16.3 Å². The van der Waals surface area contributed by atoms with Gasteiger partial charge < -0.3 is 19.9 Å². The summed E-state index contributed by atoms with van der Waals surface area (Å²) in [5.41, 5.74) is -1.31. The Kier molecular flexibility index (Phi) is 4.84. The maximum absolute atomic E-state index is 12.6. The van der Waals surface area contributed by atoms with Crippen LogP contribution >= 0.6 is 11.3 Å². The molecule has 2 N–H and O–H groups in total. The average Bonchev–Trinajstić information content (AvgIpc) is 2.88. The number of nitrogens with one attached hydrogen (secondary N) is 1. The van der Waals surface area contributed by atoms with Gasteiger partial charge in [0.15, 0.2) is 0 Å². The summed E-state index contributed by atoms with van der Waals surface area (Å²) in [7, 11) is 1.62. The van der Waals surface area contributed by atoms with Crippen molar-refractivity contribution in [2.45, 2.75) is 51.9 Å². The van der Waals surface area contributed by atoms with Gasteiger partial charge in [-0.1, -0.05) is 13.8 Å². The van der Waals surface area contributed by atoms with Crippen LogP contribution in [0.4, 0.5) is 0 Å². The number of rotatable bonds is 5. The minimum Gasteiger partial charge on any atom is -0.484 e. The first-order chi connectivity index (χ1) is 10.2. The highest BCUT2D eigenvalue weighted by Gasteiger charge is 2.45. The molecule has 1 aliphatic rings. The summed E-state index contributed by atoms with van der Waals surface area (Å²) in [5, 5.41) is 15.5. The molecule has 0 saturated carbocycles. The zero-order valence-corrected chi connectivity index (χ0v) is 14.6. The number of aliphatic hydroxyl groups is 1. The Balaban J connectivity index is 2.20. The molecule has 0 aliphatic carbocycles. The van der Waals surface area contributed by atoms with Crippen molar-refractivity contribution in [2.24, 2.45) is 5.41 Å². The largest absolute Gasteiger partial charge is 0.484 e. The molecule has 1 amide bonds. The van der Waals surface area contributed by atoms with Crippen LogP contribution in [0.5, 0.6) is 5.75 Å². The molecular formula is C16H25NO4S. The fraction of sp³-hybridized carbons (Fsp3) is 0.688. The van der Waals surface area contributed by atoms with E-state index in [0.29, 0.717) is 13.0 Å². The number of carbonyl (C=O) groups is 1. The highest BCUT2D eigenvalue weighted by Crippen LogP contribution is 2.43. The maximum Gasteiger partial charge on any atom is 0.226 e. The van der Waals surface area contributed by atoms with Gasteiger partial charge in [0, 0.05) is 19.1 Å². The highest BCUT2D eigenvalue weighted by atomic mass is 32.1. The average molecular weight is 327 g/mol. The van der Waals surface area contributed by atoms with Crippen molar-refractivity contribution >= 4 is 17.2 Å². The molecule has 0 spiro atoms. The summed E-state index contributed by atoms with van der Waals surface area (Å²) >= 11 is 1.48. The lowest BCUT2D eigenvalue weighted by molar-refractivity contribution is -0.134.